The number of halogens is 6. The highest BCUT2D eigenvalue weighted by atomic mass is 32.2. The summed E-state index contributed by atoms with van der Waals surface area (Å²) in [7, 11) is -0.00203. The van der Waals surface area contributed by atoms with Crippen molar-refractivity contribution in [2.24, 2.45) is 0 Å². The molecule has 0 aromatic carbocycles. The summed E-state index contributed by atoms with van der Waals surface area (Å²) >= 11 is 0. The minimum Gasteiger partial charge on any atom is -0.331 e. The van der Waals surface area contributed by atoms with E-state index in [2.05, 4.69) is 0 Å². The summed E-state index contributed by atoms with van der Waals surface area (Å²) < 4.78 is 102. The van der Waals surface area contributed by atoms with E-state index in [-0.39, 0.29) is 10.7 Å². The summed E-state index contributed by atoms with van der Waals surface area (Å²) in [4.78, 5) is 0. The largest absolute Gasteiger partial charge is 0.427 e. The third kappa shape index (κ3) is 4.25. The Labute approximate surface area is 126 Å². The van der Waals surface area contributed by atoms with Crippen LogP contribution in [0.2, 0.25) is 0 Å². The van der Waals surface area contributed by atoms with Crippen LogP contribution in [0.4, 0.5) is 26.3 Å². The molecule has 0 N–H and O–H groups in total. The molecule has 0 saturated carbocycles. The van der Waals surface area contributed by atoms with Gasteiger partial charge in [-0.25, -0.2) is 8.42 Å². The van der Waals surface area contributed by atoms with Crippen molar-refractivity contribution >= 4 is 10.0 Å². The van der Waals surface area contributed by atoms with Crippen molar-refractivity contribution in [3.05, 3.63) is 0 Å². The Kier molecular flexibility index (Phi) is 6.00. The lowest BCUT2D eigenvalue weighted by Crippen LogP contribution is -2.59. The summed E-state index contributed by atoms with van der Waals surface area (Å²) in [5, 5.41) is -5.91. The van der Waals surface area contributed by atoms with Gasteiger partial charge in [0.1, 0.15) is 0 Å². The second-order valence-corrected chi connectivity index (χ2v) is 8.26. The number of nitrogens with zero attached hydrogens (tertiary/aromatic N) is 2. The van der Waals surface area contributed by atoms with Crippen molar-refractivity contribution < 1.29 is 39.2 Å². The molecule has 11 heteroatoms. The van der Waals surface area contributed by atoms with Gasteiger partial charge in [-0.1, -0.05) is 0 Å². The number of rotatable bonds is 8. The standard InChI is InChI=1S/C11H21F6N2O2S/c1-9(12,13)10(14,15)11(16,17)22(20,21)18(2)7-6-8-19(3,4)5/h6-8H2,1-5H3/q+1. The first-order valence-corrected chi connectivity index (χ1v) is 7.72. The molecule has 22 heavy (non-hydrogen) atoms. The van der Waals surface area contributed by atoms with Crippen molar-refractivity contribution in [3.8, 4) is 0 Å². The molecule has 0 saturated heterocycles. The maximum Gasteiger partial charge on any atom is 0.427 e. The highest BCUT2D eigenvalue weighted by Gasteiger charge is 2.76. The van der Waals surface area contributed by atoms with E-state index in [1.165, 1.54) is 0 Å². The summed E-state index contributed by atoms with van der Waals surface area (Å²) in [6.07, 6.45) is 0.101. The lowest BCUT2D eigenvalue weighted by Gasteiger charge is -2.33. The fourth-order valence-electron chi connectivity index (χ4n) is 1.50. The van der Waals surface area contributed by atoms with Crippen LogP contribution in [-0.4, -0.2) is 75.6 Å². The minimum atomic E-state index is -6.02. The Morgan fingerprint density at radius 3 is 1.73 bits per heavy atom. The highest BCUT2D eigenvalue weighted by molar-refractivity contribution is 7.90. The maximum atomic E-state index is 13.5. The zero-order valence-corrected chi connectivity index (χ0v) is 13.8. The van der Waals surface area contributed by atoms with Gasteiger partial charge in [0.25, 0.3) is 10.0 Å². The van der Waals surface area contributed by atoms with Gasteiger partial charge in [0.2, 0.25) is 0 Å². The van der Waals surface area contributed by atoms with Gasteiger partial charge in [0.05, 0.1) is 27.7 Å². The normalized spacial score (nSPS) is 15.5. The third-order valence-corrected chi connectivity index (χ3v) is 4.86. The zero-order chi connectivity index (χ0) is 18.2. The first-order valence-electron chi connectivity index (χ1n) is 6.28. The van der Waals surface area contributed by atoms with Crippen LogP contribution in [0.15, 0.2) is 0 Å². The molecule has 0 bridgehead atoms. The van der Waals surface area contributed by atoms with E-state index in [4.69, 9.17) is 0 Å². The average Bonchev–Trinajstić information content (AvgIpc) is 2.24. The molecule has 4 nitrogen and oxygen atoms in total. The zero-order valence-electron chi connectivity index (χ0n) is 13.0. The fraction of sp³-hybridized carbons (Fsp3) is 1.00. The van der Waals surface area contributed by atoms with Crippen LogP contribution in [0.1, 0.15) is 13.3 Å². The summed E-state index contributed by atoms with van der Waals surface area (Å²) in [5.41, 5.74) is 0. The second kappa shape index (κ2) is 6.16. The number of alkyl halides is 6. The molecule has 0 rings (SSSR count). The molecular weight excluding hydrogens is 338 g/mol. The van der Waals surface area contributed by atoms with Gasteiger partial charge >= 0.3 is 17.1 Å². The van der Waals surface area contributed by atoms with E-state index in [0.717, 1.165) is 0 Å². The maximum absolute atomic E-state index is 13.5. The molecule has 0 aromatic rings. The molecule has 0 unspecified atom stereocenters. The van der Waals surface area contributed by atoms with Crippen molar-refractivity contribution in [2.75, 3.05) is 41.3 Å². The highest BCUT2D eigenvalue weighted by Crippen LogP contribution is 2.48. The van der Waals surface area contributed by atoms with Crippen LogP contribution in [0.3, 0.4) is 0 Å². The van der Waals surface area contributed by atoms with Crippen LogP contribution in [0.25, 0.3) is 0 Å². The molecule has 0 aliphatic carbocycles. The molecule has 134 valence electrons. The van der Waals surface area contributed by atoms with E-state index in [1.54, 1.807) is 21.1 Å². The van der Waals surface area contributed by atoms with Crippen LogP contribution in [-0.2, 0) is 10.0 Å². The van der Waals surface area contributed by atoms with E-state index in [0.29, 0.717) is 18.1 Å². The first kappa shape index (κ1) is 21.4. The molecule has 0 atom stereocenters. The van der Waals surface area contributed by atoms with Gasteiger partial charge < -0.3 is 4.48 Å². The lowest BCUT2D eigenvalue weighted by molar-refractivity contribution is -0.870. The predicted molar refractivity (Wildman–Crippen MR) is 69.6 cm³/mol. The monoisotopic (exact) mass is 359 g/mol. The Morgan fingerprint density at radius 2 is 1.41 bits per heavy atom. The second-order valence-electron chi connectivity index (χ2n) is 6.17. The van der Waals surface area contributed by atoms with Crippen molar-refractivity contribution in [3.63, 3.8) is 0 Å². The van der Waals surface area contributed by atoms with Crippen LogP contribution >= 0.6 is 0 Å². The van der Waals surface area contributed by atoms with Crippen LogP contribution in [0, 0.1) is 0 Å². The topological polar surface area (TPSA) is 37.4 Å². The third-order valence-electron chi connectivity index (χ3n) is 2.95. The Bertz CT molecular complexity index is 482. The Morgan fingerprint density at radius 1 is 1.00 bits per heavy atom. The van der Waals surface area contributed by atoms with Gasteiger partial charge in [0.15, 0.2) is 0 Å². The minimum absolute atomic E-state index is 0.0116. The van der Waals surface area contributed by atoms with E-state index in [1.807, 2.05) is 0 Å². The molecule has 0 amide bonds. The number of hydrogen-bond acceptors (Lipinski definition) is 2. The predicted octanol–water partition coefficient (Wildman–Crippen LogP) is 2.23. The summed E-state index contributed by atoms with van der Waals surface area (Å²) in [5.74, 6) is -11.2. The van der Waals surface area contributed by atoms with Crippen molar-refractivity contribution in [2.45, 2.75) is 30.4 Å². The van der Waals surface area contributed by atoms with Crippen LogP contribution in [0.5, 0.6) is 0 Å². The molecular formula is C11H21F6N2O2S+. The van der Waals surface area contributed by atoms with E-state index >= 15 is 0 Å². The number of hydrogen-bond donors (Lipinski definition) is 0. The van der Waals surface area contributed by atoms with Gasteiger partial charge in [-0.2, -0.15) is 30.6 Å². The Balaban J connectivity index is 5.29. The SMILES string of the molecule is CN(CCC[N+](C)(C)C)S(=O)(=O)C(F)(F)C(F)(F)C(C)(F)F. The van der Waals surface area contributed by atoms with Crippen molar-refractivity contribution in [1.29, 1.82) is 0 Å². The summed E-state index contributed by atoms with van der Waals surface area (Å²) in [6, 6.07) is 0. The van der Waals surface area contributed by atoms with Gasteiger partial charge in [-0.15, -0.1) is 0 Å². The molecule has 0 aromatic heterocycles. The number of quaternary nitrogens is 1. The van der Waals surface area contributed by atoms with E-state index in [9.17, 15) is 34.8 Å². The quantitative estimate of drug-likeness (QED) is 0.492. The van der Waals surface area contributed by atoms with Gasteiger partial charge in [-0.05, 0) is 0 Å². The van der Waals surface area contributed by atoms with E-state index < -0.39 is 40.6 Å². The molecule has 0 aliphatic heterocycles. The molecule has 0 spiro atoms. The Hall–Kier alpha value is -0.550. The molecule has 0 aliphatic rings. The van der Waals surface area contributed by atoms with Crippen LogP contribution < -0.4 is 0 Å². The molecule has 0 heterocycles. The number of sulfonamides is 1. The average molecular weight is 359 g/mol. The van der Waals surface area contributed by atoms with Crippen molar-refractivity contribution in [1.82, 2.24) is 4.31 Å². The van der Waals surface area contributed by atoms with Gasteiger partial charge in [-0.3, -0.25) is 0 Å². The smallest absolute Gasteiger partial charge is 0.331 e. The fourth-order valence-corrected chi connectivity index (χ4v) is 2.77. The first-order chi connectivity index (χ1) is 9.38. The summed E-state index contributed by atoms with van der Waals surface area (Å²) in [6.45, 7) is -0.557. The molecule has 0 radical (unpaired) electrons. The van der Waals surface area contributed by atoms with Gasteiger partial charge in [0, 0.05) is 26.9 Å². The lowest BCUT2D eigenvalue weighted by atomic mass is 10.2. The molecule has 0 fully saturated rings.